The molecule has 2 rings (SSSR count). The zero-order valence-electron chi connectivity index (χ0n) is 8.96. The summed E-state index contributed by atoms with van der Waals surface area (Å²) in [6.45, 7) is 0. The van der Waals surface area contributed by atoms with E-state index in [1.54, 1.807) is 42.7 Å². The van der Waals surface area contributed by atoms with Gasteiger partial charge in [0.1, 0.15) is 5.75 Å². The zero-order chi connectivity index (χ0) is 12.1. The van der Waals surface area contributed by atoms with Gasteiger partial charge in [0.15, 0.2) is 5.78 Å². The van der Waals surface area contributed by atoms with E-state index in [9.17, 15) is 4.79 Å². The van der Waals surface area contributed by atoms with Crippen LogP contribution in [0.15, 0.2) is 54.6 Å². The average molecular weight is 223 g/mol. The van der Waals surface area contributed by atoms with E-state index in [2.05, 4.69) is 4.74 Å². The first-order valence-electron chi connectivity index (χ1n) is 5.07. The van der Waals surface area contributed by atoms with Crippen molar-refractivity contribution in [1.82, 2.24) is 0 Å². The molecule has 0 atom stereocenters. The summed E-state index contributed by atoms with van der Waals surface area (Å²) in [5.41, 5.74) is 1.12. The summed E-state index contributed by atoms with van der Waals surface area (Å²) in [6.07, 6.45) is 1.58. The summed E-state index contributed by atoms with van der Waals surface area (Å²) < 4.78 is 4.69. The van der Waals surface area contributed by atoms with Crippen LogP contribution in [-0.2, 0) is 0 Å². The summed E-state index contributed by atoms with van der Waals surface area (Å²) in [4.78, 5) is 12.1. The lowest BCUT2D eigenvalue weighted by molar-refractivity contribution is 0.103. The van der Waals surface area contributed by atoms with Crippen molar-refractivity contribution in [2.24, 2.45) is 0 Å². The molecule has 0 aliphatic heterocycles. The van der Waals surface area contributed by atoms with Crippen molar-refractivity contribution in [3.63, 3.8) is 0 Å². The van der Waals surface area contributed by atoms with E-state index in [1.807, 2.05) is 18.2 Å². The largest absolute Gasteiger partial charge is 0.388 e. The fraction of sp³-hybridized carbons (Fsp3) is 0. The molecule has 0 aliphatic carbocycles. The highest BCUT2D eigenvalue weighted by Crippen LogP contribution is 2.16. The van der Waals surface area contributed by atoms with Gasteiger partial charge in [0.05, 0.1) is 0 Å². The van der Waals surface area contributed by atoms with Crippen LogP contribution in [0.1, 0.15) is 15.9 Å². The molecule has 0 saturated carbocycles. The summed E-state index contributed by atoms with van der Waals surface area (Å²) in [7, 11) is 0. The molecular weight excluding hydrogens is 214 g/mol. The van der Waals surface area contributed by atoms with Crippen molar-refractivity contribution in [2.45, 2.75) is 0 Å². The van der Waals surface area contributed by atoms with Gasteiger partial charge in [0.2, 0.25) is 0 Å². The molecule has 0 unspecified atom stereocenters. The van der Waals surface area contributed by atoms with Gasteiger partial charge in [-0.05, 0) is 12.1 Å². The van der Waals surface area contributed by atoms with Crippen LogP contribution in [0.5, 0.6) is 5.75 Å². The topological polar surface area (TPSA) is 50.1 Å². The second-order valence-corrected chi connectivity index (χ2v) is 3.42. The van der Waals surface area contributed by atoms with Gasteiger partial charge in [0, 0.05) is 11.1 Å². The van der Waals surface area contributed by atoms with Crippen LogP contribution in [0.2, 0.25) is 0 Å². The van der Waals surface area contributed by atoms with E-state index >= 15 is 0 Å². The third-order valence-corrected chi connectivity index (χ3v) is 2.30. The molecule has 0 spiro atoms. The maximum atomic E-state index is 12.1. The van der Waals surface area contributed by atoms with Crippen LogP contribution in [0, 0.1) is 11.5 Å². The van der Waals surface area contributed by atoms with Crippen molar-refractivity contribution in [3.8, 4) is 12.0 Å². The maximum Gasteiger partial charge on any atom is 0.292 e. The van der Waals surface area contributed by atoms with E-state index in [1.165, 1.54) is 0 Å². The van der Waals surface area contributed by atoms with Crippen LogP contribution >= 0.6 is 0 Å². The Labute approximate surface area is 98.9 Å². The number of carbonyl (C=O) groups is 1. The number of nitrogens with zero attached hydrogens (tertiary/aromatic N) is 1. The van der Waals surface area contributed by atoms with Crippen LogP contribution in [-0.4, -0.2) is 5.78 Å². The van der Waals surface area contributed by atoms with Crippen LogP contribution in [0.3, 0.4) is 0 Å². The van der Waals surface area contributed by atoms with Crippen molar-refractivity contribution in [1.29, 1.82) is 5.26 Å². The Balaban J connectivity index is 2.32. The molecule has 0 radical (unpaired) electrons. The molecule has 0 N–H and O–H groups in total. The molecule has 0 bridgehead atoms. The smallest absolute Gasteiger partial charge is 0.292 e. The molecule has 0 aliphatic rings. The fourth-order valence-corrected chi connectivity index (χ4v) is 1.51. The van der Waals surface area contributed by atoms with Crippen molar-refractivity contribution >= 4 is 5.78 Å². The molecule has 3 nitrogen and oxygen atoms in total. The Kier molecular flexibility index (Phi) is 3.18. The van der Waals surface area contributed by atoms with Gasteiger partial charge in [-0.1, -0.05) is 42.5 Å². The third kappa shape index (κ3) is 2.50. The van der Waals surface area contributed by atoms with Gasteiger partial charge in [-0.3, -0.25) is 4.79 Å². The van der Waals surface area contributed by atoms with Crippen molar-refractivity contribution < 1.29 is 9.53 Å². The Bertz CT molecular complexity index is 570. The fourth-order valence-electron chi connectivity index (χ4n) is 1.51. The quantitative estimate of drug-likeness (QED) is 0.593. The van der Waals surface area contributed by atoms with Crippen molar-refractivity contribution in [2.75, 3.05) is 0 Å². The zero-order valence-corrected chi connectivity index (χ0v) is 8.96. The average Bonchev–Trinajstić information content (AvgIpc) is 2.40. The second-order valence-electron chi connectivity index (χ2n) is 3.42. The number of ketones is 1. The van der Waals surface area contributed by atoms with Gasteiger partial charge < -0.3 is 4.74 Å². The first kappa shape index (κ1) is 10.9. The molecule has 17 heavy (non-hydrogen) atoms. The van der Waals surface area contributed by atoms with Gasteiger partial charge in [-0.25, -0.2) is 0 Å². The Hall–Kier alpha value is -2.60. The number of ether oxygens (including phenoxy) is 1. The first-order valence-corrected chi connectivity index (χ1v) is 5.07. The van der Waals surface area contributed by atoms with Crippen LogP contribution < -0.4 is 4.74 Å². The molecule has 0 heterocycles. The van der Waals surface area contributed by atoms with E-state index < -0.39 is 0 Å². The minimum absolute atomic E-state index is 0.0889. The molecule has 0 saturated heterocycles. The molecule has 82 valence electrons. The van der Waals surface area contributed by atoms with E-state index in [4.69, 9.17) is 5.26 Å². The number of rotatable bonds is 3. The summed E-state index contributed by atoms with van der Waals surface area (Å²) in [6, 6.07) is 15.5. The number of carbonyl (C=O) groups excluding carboxylic acids is 1. The summed E-state index contributed by atoms with van der Waals surface area (Å²) in [5, 5.41) is 8.41. The lowest BCUT2D eigenvalue weighted by Crippen LogP contribution is -2.00. The lowest BCUT2D eigenvalue weighted by Gasteiger charge is -2.02. The van der Waals surface area contributed by atoms with Gasteiger partial charge in [-0.2, -0.15) is 0 Å². The number of hydrogen-bond acceptors (Lipinski definition) is 3. The number of hydrogen-bond donors (Lipinski definition) is 0. The molecule has 3 heteroatoms. The minimum atomic E-state index is -0.0889. The third-order valence-electron chi connectivity index (χ3n) is 2.30. The van der Waals surface area contributed by atoms with E-state index in [0.717, 1.165) is 0 Å². The minimum Gasteiger partial charge on any atom is -0.388 e. The maximum absolute atomic E-state index is 12.1. The predicted octanol–water partition coefficient (Wildman–Crippen LogP) is 2.78. The summed E-state index contributed by atoms with van der Waals surface area (Å²) in [5.74, 6) is 0.281. The highest BCUT2D eigenvalue weighted by atomic mass is 16.5. The predicted molar refractivity (Wildman–Crippen MR) is 62.6 cm³/mol. The Morgan fingerprint density at radius 3 is 2.41 bits per heavy atom. The van der Waals surface area contributed by atoms with Gasteiger partial charge in [-0.15, -0.1) is 5.26 Å². The molecular formula is C14H9NO2. The normalized spacial score (nSPS) is 9.35. The van der Waals surface area contributed by atoms with Crippen LogP contribution in [0.25, 0.3) is 0 Å². The first-order chi connectivity index (χ1) is 8.31. The standard InChI is InChI=1S/C14H9NO2/c15-10-17-13-8-4-7-12(9-13)14(16)11-5-2-1-3-6-11/h1-9H. The molecule has 2 aromatic carbocycles. The second kappa shape index (κ2) is 4.95. The van der Waals surface area contributed by atoms with E-state index in [-0.39, 0.29) is 5.78 Å². The number of nitriles is 1. The highest BCUT2D eigenvalue weighted by molar-refractivity contribution is 6.09. The van der Waals surface area contributed by atoms with E-state index in [0.29, 0.717) is 16.9 Å². The lowest BCUT2D eigenvalue weighted by atomic mass is 10.0. The van der Waals surface area contributed by atoms with Gasteiger partial charge in [0.25, 0.3) is 6.26 Å². The Morgan fingerprint density at radius 2 is 1.71 bits per heavy atom. The monoisotopic (exact) mass is 223 g/mol. The molecule has 0 amide bonds. The van der Waals surface area contributed by atoms with Crippen molar-refractivity contribution in [3.05, 3.63) is 65.7 Å². The number of benzene rings is 2. The highest BCUT2D eigenvalue weighted by Gasteiger charge is 2.09. The summed E-state index contributed by atoms with van der Waals surface area (Å²) >= 11 is 0. The molecule has 0 fully saturated rings. The van der Waals surface area contributed by atoms with Gasteiger partial charge >= 0.3 is 0 Å². The Morgan fingerprint density at radius 1 is 1.00 bits per heavy atom. The van der Waals surface area contributed by atoms with Crippen LogP contribution in [0.4, 0.5) is 0 Å². The molecule has 0 aromatic heterocycles. The SMILES string of the molecule is N#COc1cccc(C(=O)c2ccccc2)c1. The molecule has 2 aromatic rings.